The third-order valence-corrected chi connectivity index (χ3v) is 3.55. The van der Waals surface area contributed by atoms with Crippen molar-refractivity contribution in [3.05, 3.63) is 35.9 Å². The molecule has 1 fully saturated rings. The molecule has 80 valence electrons. The zero-order chi connectivity index (χ0) is 11.8. The van der Waals surface area contributed by atoms with Gasteiger partial charge in [0.2, 0.25) is 0 Å². The largest absolute Gasteiger partial charge is 0.372 e. The van der Waals surface area contributed by atoms with Crippen LogP contribution in [0.15, 0.2) is 30.3 Å². The molecule has 1 aromatic carbocycles. The van der Waals surface area contributed by atoms with Crippen molar-refractivity contribution in [2.75, 3.05) is 0 Å². The molecule has 1 aliphatic rings. The highest BCUT2D eigenvalue weighted by atomic mass is 16.3. The molecule has 0 aromatic heterocycles. The van der Waals surface area contributed by atoms with E-state index >= 15 is 0 Å². The fraction of sp³-hybridized carbons (Fsp3) is 0.357. The van der Waals surface area contributed by atoms with Crippen molar-refractivity contribution in [2.45, 2.75) is 18.9 Å². The number of aliphatic hydroxyl groups is 1. The summed E-state index contributed by atoms with van der Waals surface area (Å²) in [5.41, 5.74) is -1.66. The smallest absolute Gasteiger partial charge is 0.169 e. The second kappa shape index (κ2) is 3.37. The summed E-state index contributed by atoms with van der Waals surface area (Å²) in [5.74, 6) is 2.55. The topological polar surface area (TPSA) is 44.0 Å². The van der Waals surface area contributed by atoms with E-state index in [-0.39, 0.29) is 5.92 Å². The molecular formula is C14H13NO. The molecule has 0 radical (unpaired) electrons. The summed E-state index contributed by atoms with van der Waals surface area (Å²) in [5, 5.41) is 19.8. The quantitative estimate of drug-likeness (QED) is 0.761. The average Bonchev–Trinajstić information content (AvgIpc) is 3.02. The summed E-state index contributed by atoms with van der Waals surface area (Å²) in [4.78, 5) is 0. The number of benzene rings is 1. The van der Waals surface area contributed by atoms with E-state index in [0.717, 1.165) is 0 Å². The first-order valence-corrected chi connectivity index (χ1v) is 5.27. The SMILES string of the molecule is C#C[C@](O)(c1ccccc1)[C@]1(C#N)C[C@@H]1C. The van der Waals surface area contributed by atoms with Gasteiger partial charge in [-0.05, 0) is 17.9 Å². The summed E-state index contributed by atoms with van der Waals surface area (Å²) in [6.45, 7) is 1.94. The van der Waals surface area contributed by atoms with Crippen LogP contribution < -0.4 is 0 Å². The molecule has 16 heavy (non-hydrogen) atoms. The van der Waals surface area contributed by atoms with E-state index in [2.05, 4.69) is 12.0 Å². The molecule has 2 rings (SSSR count). The summed E-state index contributed by atoms with van der Waals surface area (Å²) < 4.78 is 0. The minimum atomic E-state index is -1.47. The predicted molar refractivity (Wildman–Crippen MR) is 61.0 cm³/mol. The van der Waals surface area contributed by atoms with E-state index in [9.17, 15) is 10.4 Å². The van der Waals surface area contributed by atoms with Crippen LogP contribution in [-0.4, -0.2) is 5.11 Å². The second-order valence-electron chi connectivity index (χ2n) is 4.41. The lowest BCUT2D eigenvalue weighted by atomic mass is 9.78. The molecule has 0 heterocycles. The first-order valence-electron chi connectivity index (χ1n) is 5.27. The average molecular weight is 211 g/mol. The molecule has 2 nitrogen and oxygen atoms in total. The van der Waals surface area contributed by atoms with Gasteiger partial charge in [-0.2, -0.15) is 5.26 Å². The Morgan fingerprint density at radius 1 is 1.50 bits per heavy atom. The number of terminal acetylenes is 1. The maximum Gasteiger partial charge on any atom is 0.169 e. The fourth-order valence-electron chi connectivity index (χ4n) is 2.31. The van der Waals surface area contributed by atoms with Crippen molar-refractivity contribution in [2.24, 2.45) is 11.3 Å². The van der Waals surface area contributed by atoms with Gasteiger partial charge in [-0.15, -0.1) is 6.42 Å². The van der Waals surface area contributed by atoms with Gasteiger partial charge in [0, 0.05) is 0 Å². The number of nitriles is 1. The molecule has 0 amide bonds. The summed E-state index contributed by atoms with van der Waals surface area (Å²) in [6, 6.07) is 11.2. The first kappa shape index (κ1) is 10.7. The highest BCUT2D eigenvalue weighted by molar-refractivity contribution is 5.41. The monoisotopic (exact) mass is 211 g/mol. The summed E-state index contributed by atoms with van der Waals surface area (Å²) in [6.07, 6.45) is 6.10. The Bertz CT molecular complexity index is 482. The van der Waals surface area contributed by atoms with Crippen LogP contribution in [0.1, 0.15) is 18.9 Å². The van der Waals surface area contributed by atoms with Crippen LogP contribution in [0, 0.1) is 35.0 Å². The first-order chi connectivity index (χ1) is 7.60. The Morgan fingerprint density at radius 3 is 2.44 bits per heavy atom. The summed E-state index contributed by atoms with van der Waals surface area (Å²) >= 11 is 0. The molecule has 0 unspecified atom stereocenters. The zero-order valence-electron chi connectivity index (χ0n) is 9.14. The van der Waals surface area contributed by atoms with Gasteiger partial charge in [-0.1, -0.05) is 43.2 Å². The standard InChI is InChI=1S/C14H13NO/c1-3-14(16,12-7-5-4-6-8-12)13(10-15)9-11(13)2/h1,4-8,11,16H,9H2,2H3/t11-,13-,14-/m0/s1. The molecule has 1 saturated carbocycles. The van der Waals surface area contributed by atoms with Gasteiger partial charge in [-0.3, -0.25) is 0 Å². The van der Waals surface area contributed by atoms with Crippen molar-refractivity contribution in [1.29, 1.82) is 5.26 Å². The number of hydrogen-bond donors (Lipinski definition) is 1. The second-order valence-corrected chi connectivity index (χ2v) is 4.41. The molecule has 1 aromatic rings. The fourth-order valence-corrected chi connectivity index (χ4v) is 2.31. The molecule has 0 bridgehead atoms. The Morgan fingerprint density at radius 2 is 2.06 bits per heavy atom. The van der Waals surface area contributed by atoms with Crippen LogP contribution in [0.2, 0.25) is 0 Å². The van der Waals surface area contributed by atoms with E-state index in [0.29, 0.717) is 12.0 Å². The lowest BCUT2D eigenvalue weighted by Gasteiger charge is -2.28. The van der Waals surface area contributed by atoms with Gasteiger partial charge < -0.3 is 5.11 Å². The van der Waals surface area contributed by atoms with Gasteiger partial charge in [0.05, 0.1) is 6.07 Å². The maximum atomic E-state index is 10.6. The van der Waals surface area contributed by atoms with Crippen LogP contribution in [0.4, 0.5) is 0 Å². The normalized spacial score (nSPS) is 30.9. The van der Waals surface area contributed by atoms with E-state index in [1.165, 1.54) is 0 Å². The Kier molecular flexibility index (Phi) is 2.26. The molecule has 0 spiro atoms. The van der Waals surface area contributed by atoms with E-state index in [1.54, 1.807) is 12.1 Å². The molecule has 2 heteroatoms. The van der Waals surface area contributed by atoms with E-state index < -0.39 is 11.0 Å². The van der Waals surface area contributed by atoms with Crippen LogP contribution in [-0.2, 0) is 5.60 Å². The van der Waals surface area contributed by atoms with Crippen molar-refractivity contribution in [3.63, 3.8) is 0 Å². The Balaban J connectivity index is 2.52. The minimum absolute atomic E-state index is 0.138. The number of nitrogens with zero attached hydrogens (tertiary/aromatic N) is 1. The van der Waals surface area contributed by atoms with Gasteiger partial charge in [-0.25, -0.2) is 0 Å². The van der Waals surface area contributed by atoms with Crippen LogP contribution in [0.5, 0.6) is 0 Å². The molecule has 1 N–H and O–H groups in total. The van der Waals surface area contributed by atoms with Crippen LogP contribution >= 0.6 is 0 Å². The van der Waals surface area contributed by atoms with E-state index in [1.807, 2.05) is 25.1 Å². The lowest BCUT2D eigenvalue weighted by Crippen LogP contribution is -2.35. The highest BCUT2D eigenvalue weighted by Gasteiger charge is 2.65. The summed E-state index contributed by atoms with van der Waals surface area (Å²) in [7, 11) is 0. The highest BCUT2D eigenvalue weighted by Crippen LogP contribution is 2.62. The Hall–Kier alpha value is -1.77. The molecule has 0 saturated heterocycles. The van der Waals surface area contributed by atoms with Crippen molar-refractivity contribution in [1.82, 2.24) is 0 Å². The lowest BCUT2D eigenvalue weighted by molar-refractivity contribution is 0.0392. The van der Waals surface area contributed by atoms with Crippen molar-refractivity contribution in [3.8, 4) is 18.4 Å². The maximum absolute atomic E-state index is 10.6. The molecular weight excluding hydrogens is 198 g/mol. The molecule has 3 atom stereocenters. The minimum Gasteiger partial charge on any atom is -0.372 e. The zero-order valence-corrected chi connectivity index (χ0v) is 9.14. The van der Waals surface area contributed by atoms with Crippen LogP contribution in [0.3, 0.4) is 0 Å². The number of rotatable bonds is 2. The van der Waals surface area contributed by atoms with Crippen LogP contribution in [0.25, 0.3) is 0 Å². The third kappa shape index (κ3) is 1.18. The Labute approximate surface area is 95.5 Å². The molecule has 1 aliphatic carbocycles. The van der Waals surface area contributed by atoms with E-state index in [4.69, 9.17) is 6.42 Å². The third-order valence-electron chi connectivity index (χ3n) is 3.55. The predicted octanol–water partition coefficient (Wildman–Crippen LogP) is 2.06. The van der Waals surface area contributed by atoms with Gasteiger partial charge in [0.1, 0.15) is 5.41 Å². The van der Waals surface area contributed by atoms with Crippen molar-refractivity contribution >= 4 is 0 Å². The van der Waals surface area contributed by atoms with Gasteiger partial charge >= 0.3 is 0 Å². The molecule has 0 aliphatic heterocycles. The van der Waals surface area contributed by atoms with Crippen molar-refractivity contribution < 1.29 is 5.11 Å². The van der Waals surface area contributed by atoms with Gasteiger partial charge in [0.25, 0.3) is 0 Å². The number of hydrogen-bond acceptors (Lipinski definition) is 2. The van der Waals surface area contributed by atoms with Gasteiger partial charge in [0.15, 0.2) is 5.60 Å².